The molecule has 1 aromatic carbocycles. The number of rotatable bonds is 2. The summed E-state index contributed by atoms with van der Waals surface area (Å²) in [6.07, 6.45) is 0.451. The van der Waals surface area contributed by atoms with Crippen LogP contribution in [0.4, 0.5) is 5.69 Å². The Bertz CT molecular complexity index is 609. The summed E-state index contributed by atoms with van der Waals surface area (Å²) in [6, 6.07) is 3.42. The lowest BCUT2D eigenvalue weighted by atomic mass is 10.1. The third kappa shape index (κ3) is 2.48. The van der Waals surface area contributed by atoms with Crippen molar-refractivity contribution in [3.63, 3.8) is 0 Å². The smallest absolute Gasteiger partial charge is 0.243 e. The number of hydrogen-bond donors (Lipinski definition) is 2. The van der Waals surface area contributed by atoms with E-state index in [1.807, 2.05) is 0 Å². The Hall–Kier alpha value is -1.11. The maximum Gasteiger partial charge on any atom is 0.243 e. The maximum absolute atomic E-state index is 12.7. The molecular formula is C13H20N2O3S. The van der Waals surface area contributed by atoms with E-state index in [-0.39, 0.29) is 11.4 Å². The number of hydrogen-bond acceptors (Lipinski definition) is 4. The fraction of sp³-hybridized carbons (Fsp3) is 0.538. The predicted octanol–water partition coefficient (Wildman–Crippen LogP) is 1.03. The van der Waals surface area contributed by atoms with E-state index >= 15 is 0 Å². The quantitative estimate of drug-likeness (QED) is 0.795. The van der Waals surface area contributed by atoms with E-state index in [1.54, 1.807) is 32.9 Å². The molecule has 1 aliphatic rings. The Balaban J connectivity index is 2.50. The molecule has 5 nitrogen and oxygen atoms in total. The summed E-state index contributed by atoms with van der Waals surface area (Å²) in [5, 5.41) is 9.94. The van der Waals surface area contributed by atoms with Gasteiger partial charge in [0.05, 0.1) is 10.5 Å². The summed E-state index contributed by atoms with van der Waals surface area (Å²) in [7, 11) is -3.60. The van der Waals surface area contributed by atoms with Gasteiger partial charge in [-0.3, -0.25) is 0 Å². The first-order valence-electron chi connectivity index (χ1n) is 6.23. The molecule has 6 heteroatoms. The van der Waals surface area contributed by atoms with Gasteiger partial charge < -0.3 is 10.8 Å². The molecule has 19 heavy (non-hydrogen) atoms. The van der Waals surface area contributed by atoms with Gasteiger partial charge in [0.15, 0.2) is 0 Å². The van der Waals surface area contributed by atoms with E-state index < -0.39 is 15.6 Å². The van der Waals surface area contributed by atoms with E-state index in [0.717, 1.165) is 0 Å². The lowest BCUT2D eigenvalue weighted by molar-refractivity contribution is 0.0762. The minimum atomic E-state index is -3.60. The average Bonchev–Trinajstić information content (AvgIpc) is 2.65. The molecule has 1 aromatic rings. The van der Waals surface area contributed by atoms with Gasteiger partial charge in [0.25, 0.3) is 0 Å². The van der Waals surface area contributed by atoms with Crippen LogP contribution in [0, 0.1) is 13.8 Å². The molecule has 0 spiro atoms. The molecule has 0 radical (unpaired) electrons. The molecule has 0 amide bonds. The Kier molecular flexibility index (Phi) is 3.36. The van der Waals surface area contributed by atoms with E-state index in [9.17, 15) is 13.5 Å². The van der Waals surface area contributed by atoms with Gasteiger partial charge in [0.2, 0.25) is 10.0 Å². The van der Waals surface area contributed by atoms with Crippen LogP contribution in [0.15, 0.2) is 17.0 Å². The largest absolute Gasteiger partial charge is 0.398 e. The van der Waals surface area contributed by atoms with Gasteiger partial charge in [-0.25, -0.2) is 8.42 Å². The van der Waals surface area contributed by atoms with Gasteiger partial charge in [-0.15, -0.1) is 0 Å². The second kappa shape index (κ2) is 4.47. The normalized spacial score (nSPS) is 24.8. The lowest BCUT2D eigenvalue weighted by Crippen LogP contribution is -2.34. The first-order chi connectivity index (χ1) is 8.65. The molecule has 0 aromatic heterocycles. The third-order valence-corrected chi connectivity index (χ3v) is 5.79. The molecular weight excluding hydrogens is 264 g/mol. The summed E-state index contributed by atoms with van der Waals surface area (Å²) >= 11 is 0. The highest BCUT2D eigenvalue weighted by atomic mass is 32.2. The van der Waals surface area contributed by atoms with Crippen molar-refractivity contribution >= 4 is 15.7 Å². The second-order valence-corrected chi connectivity index (χ2v) is 7.39. The molecule has 0 aliphatic carbocycles. The summed E-state index contributed by atoms with van der Waals surface area (Å²) in [5.41, 5.74) is 6.58. The Morgan fingerprint density at radius 3 is 2.53 bits per heavy atom. The number of nitrogens with zero attached hydrogens (tertiary/aromatic N) is 1. The number of aryl methyl sites for hydroxylation is 1. The van der Waals surface area contributed by atoms with Gasteiger partial charge in [0, 0.05) is 18.8 Å². The maximum atomic E-state index is 12.7. The minimum Gasteiger partial charge on any atom is -0.398 e. The number of nitrogen functional groups attached to an aromatic ring is 1. The van der Waals surface area contributed by atoms with Crippen LogP contribution in [0.1, 0.15) is 24.5 Å². The van der Waals surface area contributed by atoms with Crippen LogP contribution >= 0.6 is 0 Å². The van der Waals surface area contributed by atoms with E-state index in [2.05, 4.69) is 0 Å². The molecule has 1 atom stereocenters. The zero-order valence-corrected chi connectivity index (χ0v) is 12.3. The summed E-state index contributed by atoms with van der Waals surface area (Å²) < 4.78 is 26.7. The van der Waals surface area contributed by atoms with Crippen molar-refractivity contribution in [3.05, 3.63) is 23.3 Å². The molecule has 0 saturated carbocycles. The van der Waals surface area contributed by atoms with Crippen molar-refractivity contribution in [2.24, 2.45) is 0 Å². The molecule has 106 valence electrons. The molecule has 1 aliphatic heterocycles. The second-order valence-electron chi connectivity index (χ2n) is 5.51. The SMILES string of the molecule is Cc1ccc(N)c(C)c1S(=O)(=O)N1CCC(C)(O)C1. The fourth-order valence-electron chi connectivity index (χ4n) is 2.48. The third-order valence-electron chi connectivity index (χ3n) is 3.66. The molecule has 3 N–H and O–H groups in total. The summed E-state index contributed by atoms with van der Waals surface area (Å²) in [4.78, 5) is 0.269. The number of nitrogens with two attached hydrogens (primary N) is 1. The molecule has 1 unspecified atom stereocenters. The number of β-amino-alcohol motifs (C(OH)–C–C–N with tert-alkyl or cyclic N) is 1. The van der Waals surface area contributed by atoms with Crippen molar-refractivity contribution in [1.82, 2.24) is 4.31 Å². The number of benzene rings is 1. The molecule has 1 fully saturated rings. The van der Waals surface area contributed by atoms with Crippen molar-refractivity contribution < 1.29 is 13.5 Å². The summed E-state index contributed by atoms with van der Waals surface area (Å²) in [6.45, 7) is 5.59. The zero-order chi connectivity index (χ0) is 14.4. The van der Waals surface area contributed by atoms with Gasteiger partial charge >= 0.3 is 0 Å². The lowest BCUT2D eigenvalue weighted by Gasteiger charge is -2.21. The monoisotopic (exact) mass is 284 g/mol. The number of anilines is 1. The van der Waals surface area contributed by atoms with Crippen LogP contribution in [0.3, 0.4) is 0 Å². The van der Waals surface area contributed by atoms with Crippen LogP contribution in [0.25, 0.3) is 0 Å². The zero-order valence-electron chi connectivity index (χ0n) is 11.5. The topological polar surface area (TPSA) is 83.6 Å². The Morgan fingerprint density at radius 2 is 2.00 bits per heavy atom. The van der Waals surface area contributed by atoms with Crippen LogP contribution in [0.2, 0.25) is 0 Å². The van der Waals surface area contributed by atoms with E-state index in [0.29, 0.717) is 29.8 Å². The average molecular weight is 284 g/mol. The van der Waals surface area contributed by atoms with E-state index in [4.69, 9.17) is 5.73 Å². The standard InChI is InChI=1S/C13H20N2O3S/c1-9-4-5-11(14)10(2)12(9)19(17,18)15-7-6-13(3,16)8-15/h4-5,16H,6-8,14H2,1-3H3. The van der Waals surface area contributed by atoms with Gasteiger partial charge in [0.1, 0.15) is 0 Å². The molecule has 2 rings (SSSR count). The van der Waals surface area contributed by atoms with E-state index in [1.165, 1.54) is 4.31 Å². The number of aliphatic hydroxyl groups is 1. The first-order valence-corrected chi connectivity index (χ1v) is 7.67. The van der Waals surface area contributed by atoms with Crippen LogP contribution in [0.5, 0.6) is 0 Å². The fourth-order valence-corrected chi connectivity index (χ4v) is 4.49. The van der Waals surface area contributed by atoms with Gasteiger partial charge in [-0.05, 0) is 44.4 Å². The van der Waals surface area contributed by atoms with Crippen LogP contribution < -0.4 is 5.73 Å². The molecule has 1 heterocycles. The van der Waals surface area contributed by atoms with Crippen LogP contribution in [-0.4, -0.2) is 36.5 Å². The van der Waals surface area contributed by atoms with Gasteiger partial charge in [-0.1, -0.05) is 6.07 Å². The van der Waals surface area contributed by atoms with Gasteiger partial charge in [-0.2, -0.15) is 4.31 Å². The van der Waals surface area contributed by atoms with Crippen molar-refractivity contribution in [2.45, 2.75) is 37.7 Å². The number of sulfonamides is 1. The minimum absolute atomic E-state index is 0.128. The highest BCUT2D eigenvalue weighted by Crippen LogP contribution is 2.31. The first kappa shape index (κ1) is 14.3. The van der Waals surface area contributed by atoms with Crippen molar-refractivity contribution in [2.75, 3.05) is 18.8 Å². The highest BCUT2D eigenvalue weighted by molar-refractivity contribution is 7.89. The molecule has 1 saturated heterocycles. The highest BCUT2D eigenvalue weighted by Gasteiger charge is 2.39. The van der Waals surface area contributed by atoms with Crippen molar-refractivity contribution in [1.29, 1.82) is 0 Å². The predicted molar refractivity (Wildman–Crippen MR) is 74.3 cm³/mol. The Labute approximate surface area is 114 Å². The van der Waals surface area contributed by atoms with Crippen LogP contribution in [-0.2, 0) is 10.0 Å². The molecule has 0 bridgehead atoms. The Morgan fingerprint density at radius 1 is 1.37 bits per heavy atom. The summed E-state index contributed by atoms with van der Waals surface area (Å²) in [5.74, 6) is 0. The van der Waals surface area contributed by atoms with Crippen molar-refractivity contribution in [3.8, 4) is 0 Å².